The lowest BCUT2D eigenvalue weighted by Gasteiger charge is -2.19. The minimum absolute atomic E-state index is 0.443. The van der Waals surface area contributed by atoms with Crippen molar-refractivity contribution in [3.05, 3.63) is 53.4 Å². The normalized spacial score (nSPS) is 11.9. The third-order valence-corrected chi connectivity index (χ3v) is 6.61. The molecule has 0 atom stereocenters. The van der Waals surface area contributed by atoms with Crippen molar-refractivity contribution in [2.24, 2.45) is 7.05 Å². The number of rotatable bonds is 3. The number of fused-ring (bicyclic) bond motifs is 2. The van der Waals surface area contributed by atoms with Gasteiger partial charge in [0.25, 0.3) is 0 Å². The fourth-order valence-electron chi connectivity index (χ4n) is 4.00. The number of nitrogens with zero attached hydrogens (tertiary/aromatic N) is 4. The van der Waals surface area contributed by atoms with Crippen molar-refractivity contribution in [1.29, 1.82) is 0 Å². The first kappa shape index (κ1) is 22.4. The second-order valence-electron chi connectivity index (χ2n) is 8.97. The van der Waals surface area contributed by atoms with Crippen LogP contribution in [0, 0.1) is 0 Å². The highest BCUT2D eigenvalue weighted by atomic mass is 35.5. The minimum Gasteiger partial charge on any atom is -0.497 e. The van der Waals surface area contributed by atoms with Gasteiger partial charge in [-0.05, 0) is 45.0 Å². The summed E-state index contributed by atoms with van der Waals surface area (Å²) in [7, 11) is 3.56. The lowest BCUT2D eigenvalue weighted by Crippen LogP contribution is -2.26. The number of ether oxygens (including phenoxy) is 2. The maximum atomic E-state index is 13.0. The van der Waals surface area contributed by atoms with Gasteiger partial charge >= 0.3 is 6.09 Å². The Balaban J connectivity index is 1.65. The standard InChI is InChI=1S/C25H23ClN4O3S/c1-25(2,3)33-24(31)30-12-18(16-10-14(32-5)6-7-20(16)30)23-28-19(13-34-23)17-11-29(4)21-15(17)8-9-27-22(21)26/h6-13H,1-5H3. The van der Waals surface area contributed by atoms with Gasteiger partial charge in [-0.25, -0.2) is 14.8 Å². The molecule has 0 radical (unpaired) electrons. The number of hydrogen-bond donors (Lipinski definition) is 0. The number of halogens is 1. The molecule has 0 N–H and O–H groups in total. The van der Waals surface area contributed by atoms with Crippen LogP contribution in [-0.4, -0.2) is 37.9 Å². The molecule has 0 aliphatic rings. The summed E-state index contributed by atoms with van der Waals surface area (Å²) in [6.07, 6.45) is 5.04. The summed E-state index contributed by atoms with van der Waals surface area (Å²) in [5.41, 5.74) is 3.60. The minimum atomic E-state index is -0.612. The number of aromatic nitrogens is 4. The van der Waals surface area contributed by atoms with Gasteiger partial charge in [0.1, 0.15) is 16.4 Å². The molecule has 0 aliphatic heterocycles. The van der Waals surface area contributed by atoms with E-state index < -0.39 is 11.7 Å². The second kappa shape index (κ2) is 8.14. The number of thiazole rings is 1. The van der Waals surface area contributed by atoms with Crippen molar-refractivity contribution in [1.82, 2.24) is 19.1 Å². The molecule has 9 heteroatoms. The Labute approximate surface area is 205 Å². The van der Waals surface area contributed by atoms with Crippen LogP contribution in [0.25, 0.3) is 43.6 Å². The van der Waals surface area contributed by atoms with Gasteiger partial charge in [-0.3, -0.25) is 4.57 Å². The molecule has 174 valence electrons. The predicted octanol–water partition coefficient (Wildman–Crippen LogP) is 6.76. The van der Waals surface area contributed by atoms with E-state index in [1.807, 2.05) is 68.2 Å². The van der Waals surface area contributed by atoms with Gasteiger partial charge in [0.05, 0.1) is 23.8 Å². The van der Waals surface area contributed by atoms with Gasteiger partial charge in [0.15, 0.2) is 5.15 Å². The molecule has 1 aromatic carbocycles. The predicted molar refractivity (Wildman–Crippen MR) is 136 cm³/mol. The quantitative estimate of drug-likeness (QED) is 0.259. The zero-order valence-electron chi connectivity index (χ0n) is 19.4. The van der Waals surface area contributed by atoms with Gasteiger partial charge in [0, 0.05) is 52.9 Å². The molecule has 7 nitrogen and oxygen atoms in total. The van der Waals surface area contributed by atoms with Crippen LogP contribution in [0.1, 0.15) is 20.8 Å². The maximum absolute atomic E-state index is 13.0. The summed E-state index contributed by atoms with van der Waals surface area (Å²) in [6, 6.07) is 7.54. The fourth-order valence-corrected chi connectivity index (χ4v) is 5.14. The van der Waals surface area contributed by atoms with E-state index in [9.17, 15) is 4.79 Å². The van der Waals surface area contributed by atoms with Crippen molar-refractivity contribution in [2.75, 3.05) is 7.11 Å². The van der Waals surface area contributed by atoms with Crippen molar-refractivity contribution < 1.29 is 14.3 Å². The smallest absolute Gasteiger partial charge is 0.419 e. The molecule has 0 fully saturated rings. The molecule has 5 aromatic rings. The largest absolute Gasteiger partial charge is 0.497 e. The van der Waals surface area contributed by atoms with E-state index in [-0.39, 0.29) is 0 Å². The van der Waals surface area contributed by atoms with E-state index in [1.54, 1.807) is 19.5 Å². The van der Waals surface area contributed by atoms with Gasteiger partial charge in [-0.1, -0.05) is 11.6 Å². The first-order valence-electron chi connectivity index (χ1n) is 10.6. The fraction of sp³-hybridized carbons (Fsp3) is 0.240. The third-order valence-electron chi connectivity index (χ3n) is 5.46. The topological polar surface area (TPSA) is 71.2 Å². The van der Waals surface area contributed by atoms with E-state index in [0.717, 1.165) is 43.6 Å². The maximum Gasteiger partial charge on any atom is 0.419 e. The Hall–Kier alpha value is -3.36. The monoisotopic (exact) mass is 494 g/mol. The molecule has 0 saturated carbocycles. The highest BCUT2D eigenvalue weighted by Gasteiger charge is 2.23. The molecular formula is C25H23ClN4O3S. The second-order valence-corrected chi connectivity index (χ2v) is 10.2. The van der Waals surface area contributed by atoms with E-state index in [0.29, 0.717) is 10.9 Å². The van der Waals surface area contributed by atoms with Crippen LogP contribution in [0.3, 0.4) is 0 Å². The molecular weight excluding hydrogens is 472 g/mol. The van der Waals surface area contributed by atoms with Crippen LogP contribution >= 0.6 is 22.9 Å². The van der Waals surface area contributed by atoms with Crippen LogP contribution in [0.4, 0.5) is 4.79 Å². The summed E-state index contributed by atoms with van der Waals surface area (Å²) in [4.78, 5) is 22.1. The van der Waals surface area contributed by atoms with Gasteiger partial charge in [-0.15, -0.1) is 11.3 Å². The van der Waals surface area contributed by atoms with Crippen LogP contribution in [0.15, 0.2) is 48.2 Å². The van der Waals surface area contributed by atoms with E-state index in [2.05, 4.69) is 4.98 Å². The van der Waals surface area contributed by atoms with Crippen molar-refractivity contribution >= 4 is 50.8 Å². The zero-order valence-corrected chi connectivity index (χ0v) is 21.0. The zero-order chi connectivity index (χ0) is 24.2. The number of aryl methyl sites for hydroxylation is 1. The van der Waals surface area contributed by atoms with Crippen molar-refractivity contribution in [2.45, 2.75) is 26.4 Å². The highest BCUT2D eigenvalue weighted by molar-refractivity contribution is 7.13. The van der Waals surface area contributed by atoms with E-state index in [1.165, 1.54) is 15.9 Å². The Bertz CT molecular complexity index is 1560. The SMILES string of the molecule is COc1ccc2c(c1)c(-c1nc(-c3cn(C)c4c(Cl)nccc34)cs1)cn2C(=O)OC(C)(C)C. The molecule has 0 spiro atoms. The molecule has 0 saturated heterocycles. The van der Waals surface area contributed by atoms with Crippen LogP contribution in [0.2, 0.25) is 5.15 Å². The van der Waals surface area contributed by atoms with Crippen molar-refractivity contribution in [3.8, 4) is 27.6 Å². The molecule has 5 rings (SSSR count). The molecule has 4 aromatic heterocycles. The molecule has 0 aliphatic carbocycles. The first-order valence-corrected chi connectivity index (χ1v) is 11.9. The van der Waals surface area contributed by atoms with E-state index >= 15 is 0 Å². The molecule has 0 unspecified atom stereocenters. The Morgan fingerprint density at radius 1 is 1.12 bits per heavy atom. The number of carbonyl (C=O) groups excluding carboxylic acids is 1. The molecule has 4 heterocycles. The van der Waals surface area contributed by atoms with Gasteiger partial charge in [-0.2, -0.15) is 0 Å². The summed E-state index contributed by atoms with van der Waals surface area (Å²) >= 11 is 7.84. The van der Waals surface area contributed by atoms with Crippen molar-refractivity contribution in [3.63, 3.8) is 0 Å². The Morgan fingerprint density at radius 3 is 2.65 bits per heavy atom. The number of hydrogen-bond acceptors (Lipinski definition) is 6. The van der Waals surface area contributed by atoms with E-state index in [4.69, 9.17) is 26.1 Å². The van der Waals surface area contributed by atoms with Crippen LogP contribution in [-0.2, 0) is 11.8 Å². The first-order chi connectivity index (χ1) is 16.2. The summed E-state index contributed by atoms with van der Waals surface area (Å²) < 4.78 is 14.5. The number of methoxy groups -OCH3 is 1. The Morgan fingerprint density at radius 2 is 1.91 bits per heavy atom. The number of carbonyl (C=O) groups is 1. The molecule has 34 heavy (non-hydrogen) atoms. The Kier molecular flexibility index (Phi) is 5.37. The molecule has 0 amide bonds. The summed E-state index contributed by atoms with van der Waals surface area (Å²) in [5.74, 6) is 0.698. The third kappa shape index (κ3) is 3.82. The van der Waals surface area contributed by atoms with Crippen LogP contribution in [0.5, 0.6) is 5.75 Å². The van der Waals surface area contributed by atoms with Gasteiger partial charge in [0.2, 0.25) is 0 Å². The summed E-state index contributed by atoms with van der Waals surface area (Å²) in [6.45, 7) is 5.54. The van der Waals surface area contributed by atoms with Gasteiger partial charge < -0.3 is 14.0 Å². The number of pyridine rings is 1. The molecule has 0 bridgehead atoms. The average molecular weight is 495 g/mol. The number of benzene rings is 1. The highest BCUT2D eigenvalue weighted by Crippen LogP contribution is 2.39. The lowest BCUT2D eigenvalue weighted by atomic mass is 10.1. The summed E-state index contributed by atoms with van der Waals surface area (Å²) in [5, 5.41) is 5.09. The lowest BCUT2D eigenvalue weighted by molar-refractivity contribution is 0.0544. The average Bonchev–Trinajstić information content (AvgIpc) is 3.48. The van der Waals surface area contributed by atoms with Crippen LogP contribution < -0.4 is 4.74 Å².